The van der Waals surface area contributed by atoms with Crippen LogP contribution in [0.2, 0.25) is 0 Å². The quantitative estimate of drug-likeness (QED) is 0.895. The summed E-state index contributed by atoms with van der Waals surface area (Å²) < 4.78 is 7.78. The van der Waals surface area contributed by atoms with Crippen molar-refractivity contribution in [3.8, 4) is 0 Å². The lowest BCUT2D eigenvalue weighted by atomic mass is 10.1. The van der Waals surface area contributed by atoms with Crippen molar-refractivity contribution in [1.29, 1.82) is 0 Å². The zero-order valence-corrected chi connectivity index (χ0v) is 10.5. The van der Waals surface area contributed by atoms with Gasteiger partial charge in [0.1, 0.15) is 5.65 Å². The number of nitrogens with one attached hydrogen (secondary N) is 1. The van der Waals surface area contributed by atoms with Gasteiger partial charge in [-0.15, -0.1) is 0 Å². The highest BCUT2D eigenvalue weighted by Gasteiger charge is 2.12. The van der Waals surface area contributed by atoms with Crippen molar-refractivity contribution in [3.63, 3.8) is 0 Å². The largest absolute Gasteiger partial charge is 0.373 e. The maximum absolute atomic E-state index is 5.75. The van der Waals surface area contributed by atoms with E-state index in [-0.39, 0.29) is 0 Å². The Morgan fingerprint density at radius 3 is 3.22 bits per heavy atom. The minimum Gasteiger partial charge on any atom is -0.373 e. The van der Waals surface area contributed by atoms with Gasteiger partial charge in [0, 0.05) is 18.4 Å². The molecule has 1 atom stereocenters. The van der Waals surface area contributed by atoms with Gasteiger partial charge in [-0.3, -0.25) is 0 Å². The Balaban J connectivity index is 1.53. The number of ether oxygens (including phenoxy) is 1. The second-order valence-corrected chi connectivity index (χ2v) is 4.86. The molecule has 0 bridgehead atoms. The van der Waals surface area contributed by atoms with Crippen molar-refractivity contribution in [2.45, 2.75) is 31.9 Å². The SMILES string of the molecule is c1ccn2cc(COCC3CCCCN3)nc2c1. The summed E-state index contributed by atoms with van der Waals surface area (Å²) >= 11 is 0. The summed E-state index contributed by atoms with van der Waals surface area (Å²) in [6, 6.07) is 6.53. The van der Waals surface area contributed by atoms with Crippen LogP contribution in [0.4, 0.5) is 0 Å². The molecular formula is C14H19N3O. The molecule has 3 heterocycles. The first-order valence-corrected chi connectivity index (χ1v) is 6.65. The van der Waals surface area contributed by atoms with Gasteiger partial charge in [0.25, 0.3) is 0 Å². The van der Waals surface area contributed by atoms with E-state index >= 15 is 0 Å². The third-order valence-corrected chi connectivity index (χ3v) is 3.40. The summed E-state index contributed by atoms with van der Waals surface area (Å²) in [4.78, 5) is 4.51. The first-order valence-electron chi connectivity index (χ1n) is 6.65. The average Bonchev–Trinajstić information content (AvgIpc) is 2.82. The Hall–Kier alpha value is -1.39. The first-order chi connectivity index (χ1) is 8.92. The summed E-state index contributed by atoms with van der Waals surface area (Å²) in [6.07, 6.45) is 7.88. The third kappa shape index (κ3) is 2.71. The Bertz CT molecular complexity index is 469. The number of hydrogen-bond donors (Lipinski definition) is 1. The molecule has 1 fully saturated rings. The lowest BCUT2D eigenvalue weighted by Gasteiger charge is -2.22. The molecule has 96 valence electrons. The van der Waals surface area contributed by atoms with Crippen LogP contribution in [0.15, 0.2) is 30.6 Å². The van der Waals surface area contributed by atoms with Crippen molar-refractivity contribution in [2.75, 3.05) is 13.2 Å². The molecule has 0 aliphatic carbocycles. The summed E-state index contributed by atoms with van der Waals surface area (Å²) in [5.74, 6) is 0. The van der Waals surface area contributed by atoms with Crippen molar-refractivity contribution < 1.29 is 4.74 Å². The van der Waals surface area contributed by atoms with Gasteiger partial charge in [0.15, 0.2) is 0 Å². The molecule has 3 rings (SSSR count). The van der Waals surface area contributed by atoms with Crippen LogP contribution in [0.1, 0.15) is 25.0 Å². The Morgan fingerprint density at radius 1 is 1.39 bits per heavy atom. The van der Waals surface area contributed by atoms with Crippen LogP contribution < -0.4 is 5.32 Å². The van der Waals surface area contributed by atoms with E-state index < -0.39 is 0 Å². The number of aromatic nitrogens is 2. The zero-order chi connectivity index (χ0) is 12.2. The summed E-state index contributed by atoms with van der Waals surface area (Å²) in [7, 11) is 0. The number of nitrogens with zero attached hydrogens (tertiary/aromatic N) is 2. The molecule has 1 aliphatic rings. The number of rotatable bonds is 4. The lowest BCUT2D eigenvalue weighted by molar-refractivity contribution is 0.0893. The molecule has 0 aromatic carbocycles. The van der Waals surface area contributed by atoms with Crippen molar-refractivity contribution >= 4 is 5.65 Å². The van der Waals surface area contributed by atoms with Crippen LogP contribution in [0, 0.1) is 0 Å². The van der Waals surface area contributed by atoms with Crippen LogP contribution in [-0.2, 0) is 11.3 Å². The van der Waals surface area contributed by atoms with Gasteiger partial charge in [-0.05, 0) is 31.5 Å². The highest BCUT2D eigenvalue weighted by Crippen LogP contribution is 2.09. The van der Waals surface area contributed by atoms with Gasteiger partial charge in [0.05, 0.1) is 18.9 Å². The van der Waals surface area contributed by atoms with Crippen LogP contribution in [0.5, 0.6) is 0 Å². The number of fused-ring (bicyclic) bond motifs is 1. The fourth-order valence-corrected chi connectivity index (χ4v) is 2.43. The van der Waals surface area contributed by atoms with Crippen LogP contribution in [0.25, 0.3) is 5.65 Å². The van der Waals surface area contributed by atoms with Crippen LogP contribution in [-0.4, -0.2) is 28.6 Å². The molecule has 0 radical (unpaired) electrons. The predicted octanol–water partition coefficient (Wildman–Crippen LogP) is 1.99. The molecule has 2 aromatic rings. The van der Waals surface area contributed by atoms with E-state index in [1.165, 1.54) is 19.3 Å². The van der Waals surface area contributed by atoms with Crippen molar-refractivity contribution in [3.05, 3.63) is 36.3 Å². The van der Waals surface area contributed by atoms with E-state index in [4.69, 9.17) is 4.74 Å². The Labute approximate surface area is 107 Å². The Kier molecular flexibility index (Phi) is 3.57. The smallest absolute Gasteiger partial charge is 0.137 e. The van der Waals surface area contributed by atoms with Crippen molar-refractivity contribution in [2.24, 2.45) is 0 Å². The molecule has 1 unspecified atom stereocenters. The molecule has 1 saturated heterocycles. The van der Waals surface area contributed by atoms with E-state index in [1.54, 1.807) is 0 Å². The number of piperidine rings is 1. The van der Waals surface area contributed by atoms with Crippen LogP contribution >= 0.6 is 0 Å². The molecule has 1 N–H and O–H groups in total. The molecule has 4 nitrogen and oxygen atoms in total. The standard InChI is InChI=1S/C14H19N3O/c1-3-7-15-12(5-1)10-18-11-13-9-17-8-4-2-6-14(17)16-13/h2,4,6,8-9,12,15H,1,3,5,7,10-11H2. The normalized spacial score (nSPS) is 20.3. The van der Waals surface area contributed by atoms with Crippen molar-refractivity contribution in [1.82, 2.24) is 14.7 Å². The van der Waals surface area contributed by atoms with Gasteiger partial charge >= 0.3 is 0 Å². The third-order valence-electron chi connectivity index (χ3n) is 3.40. The zero-order valence-electron chi connectivity index (χ0n) is 10.5. The maximum atomic E-state index is 5.75. The fourth-order valence-electron chi connectivity index (χ4n) is 2.43. The fraction of sp³-hybridized carbons (Fsp3) is 0.500. The molecule has 1 aliphatic heterocycles. The maximum Gasteiger partial charge on any atom is 0.137 e. The second-order valence-electron chi connectivity index (χ2n) is 4.86. The predicted molar refractivity (Wildman–Crippen MR) is 70.5 cm³/mol. The van der Waals surface area contributed by atoms with Gasteiger partial charge in [-0.1, -0.05) is 12.5 Å². The highest BCUT2D eigenvalue weighted by molar-refractivity contribution is 5.39. The number of pyridine rings is 1. The summed E-state index contributed by atoms with van der Waals surface area (Å²) in [5, 5.41) is 3.48. The molecule has 4 heteroatoms. The summed E-state index contributed by atoms with van der Waals surface area (Å²) in [5.41, 5.74) is 1.98. The van der Waals surface area contributed by atoms with E-state index in [0.29, 0.717) is 12.6 Å². The minimum absolute atomic E-state index is 0.524. The molecule has 0 spiro atoms. The molecule has 0 saturated carbocycles. The average molecular weight is 245 g/mol. The molecule has 0 amide bonds. The van der Waals surface area contributed by atoms with Gasteiger partial charge in [-0.25, -0.2) is 4.98 Å². The topological polar surface area (TPSA) is 38.6 Å². The minimum atomic E-state index is 0.524. The van der Waals surface area contributed by atoms with E-state index in [2.05, 4.69) is 10.3 Å². The van der Waals surface area contributed by atoms with Gasteiger partial charge in [0.2, 0.25) is 0 Å². The lowest BCUT2D eigenvalue weighted by Crippen LogP contribution is -2.37. The van der Waals surface area contributed by atoms with Crippen LogP contribution in [0.3, 0.4) is 0 Å². The van der Waals surface area contributed by atoms with E-state index in [0.717, 1.165) is 24.5 Å². The van der Waals surface area contributed by atoms with Gasteiger partial charge in [-0.2, -0.15) is 0 Å². The highest BCUT2D eigenvalue weighted by atomic mass is 16.5. The first kappa shape index (κ1) is 11.7. The second kappa shape index (κ2) is 5.50. The summed E-state index contributed by atoms with van der Waals surface area (Å²) in [6.45, 7) is 2.51. The molecular weight excluding hydrogens is 226 g/mol. The monoisotopic (exact) mass is 245 g/mol. The van der Waals surface area contributed by atoms with Gasteiger partial charge < -0.3 is 14.5 Å². The van der Waals surface area contributed by atoms with E-state index in [9.17, 15) is 0 Å². The number of hydrogen-bond acceptors (Lipinski definition) is 3. The Morgan fingerprint density at radius 2 is 2.39 bits per heavy atom. The van der Waals surface area contributed by atoms with E-state index in [1.807, 2.05) is 35.0 Å². The molecule has 18 heavy (non-hydrogen) atoms. The number of imidazole rings is 1. The molecule has 2 aromatic heterocycles.